The summed E-state index contributed by atoms with van der Waals surface area (Å²) < 4.78 is 0. The van der Waals surface area contributed by atoms with Gasteiger partial charge in [0, 0.05) is 0 Å². The predicted octanol–water partition coefficient (Wildman–Crippen LogP) is 13.5. The zero-order valence-electron chi connectivity index (χ0n) is 26.3. The fourth-order valence-electron chi connectivity index (χ4n) is 6.82. The topological polar surface area (TPSA) is 0 Å². The predicted molar refractivity (Wildman–Crippen MR) is 194 cm³/mol. The normalized spacial score (nSPS) is 11.2. The fourth-order valence-corrected chi connectivity index (χ4v) is 7.27. The summed E-state index contributed by atoms with van der Waals surface area (Å²) in [5.41, 5.74) is 18.8. The second-order valence-electron chi connectivity index (χ2n) is 11.8. The summed E-state index contributed by atoms with van der Waals surface area (Å²) >= 11 is 11.3. The molecule has 0 spiro atoms. The van der Waals surface area contributed by atoms with Crippen LogP contribution in [0.3, 0.4) is 0 Å². The Balaban J connectivity index is 0.000000237. The Morgan fingerprint density at radius 1 is 0.644 bits per heavy atom. The Labute approximate surface area is 294 Å². The third kappa shape index (κ3) is 7.28. The Hall–Kier alpha value is -2.42. The van der Waals surface area contributed by atoms with Crippen LogP contribution in [0.25, 0.3) is 44.2 Å². The Morgan fingerprint density at radius 3 is 1.76 bits per heavy atom. The summed E-state index contributed by atoms with van der Waals surface area (Å²) in [6, 6.07) is 33.9. The molecule has 45 heavy (non-hydrogen) atoms. The number of benzene rings is 5. The van der Waals surface area contributed by atoms with Crippen LogP contribution in [0.5, 0.6) is 0 Å². The van der Waals surface area contributed by atoms with Crippen molar-refractivity contribution in [2.45, 2.75) is 48.0 Å². The number of halogens is 4. The molecule has 0 N–H and O–H groups in total. The van der Waals surface area contributed by atoms with Crippen molar-refractivity contribution in [2.75, 3.05) is 0 Å². The van der Waals surface area contributed by atoms with E-state index in [1.54, 1.807) is 0 Å². The summed E-state index contributed by atoms with van der Waals surface area (Å²) in [6.07, 6.45) is 0.975. The molecule has 1 aliphatic rings. The third-order valence-corrected chi connectivity index (χ3v) is 9.09. The van der Waals surface area contributed by atoms with Crippen molar-refractivity contribution in [2.24, 2.45) is 0 Å². The van der Waals surface area contributed by atoms with Gasteiger partial charge in [-0.3, -0.25) is 0 Å². The van der Waals surface area contributed by atoms with E-state index >= 15 is 0 Å². The first-order valence-corrected chi connectivity index (χ1v) is 19.9. The molecule has 0 unspecified atom stereocenters. The molecule has 0 bridgehead atoms. The second kappa shape index (κ2) is 14.6. The van der Waals surface area contributed by atoms with E-state index in [2.05, 4.69) is 102 Å². The first-order valence-electron chi connectivity index (χ1n) is 14.8. The van der Waals surface area contributed by atoms with Gasteiger partial charge < -0.3 is 0 Å². The quantitative estimate of drug-likeness (QED) is 0.124. The van der Waals surface area contributed by atoms with Gasteiger partial charge in [-0.15, -0.1) is 39.6 Å². The maximum absolute atomic E-state index is 5.91. The first-order chi connectivity index (χ1) is 21.5. The third-order valence-electron chi connectivity index (χ3n) is 8.43. The van der Waals surface area contributed by atoms with Crippen molar-refractivity contribution in [3.05, 3.63) is 146 Å². The van der Waals surface area contributed by atoms with E-state index in [1.165, 1.54) is 77.9 Å². The number of aryl methyl sites for hydroxylation is 6. The molecule has 7 rings (SSSR count). The van der Waals surface area contributed by atoms with Crippen LogP contribution in [0.4, 0.5) is 0 Å². The molecule has 0 atom stereocenters. The molecule has 228 valence electrons. The van der Waals surface area contributed by atoms with Gasteiger partial charge in [0.15, 0.2) is 0 Å². The van der Waals surface area contributed by atoms with Crippen LogP contribution in [0.1, 0.15) is 44.5 Å². The summed E-state index contributed by atoms with van der Waals surface area (Å²) in [7, 11) is 9.78. The zero-order chi connectivity index (χ0) is 32.4. The summed E-state index contributed by atoms with van der Waals surface area (Å²) in [5, 5.41) is 3.57. The standard InChI is InChI=1S/C31H29.C9H5Cl2.2ClH.Ti/c1-18-11-20(3)30(21(4)12-18)26-9-7-24-15-25-8-10-27(17-29(25)28(24)16-26)31-22(5)13-19(2)14-23(31)6;10-8-4-5-9(11)7-3-1-2-6(7)8;;;/h7,9-14,16-17H,15H2,1-6H3;1-5H;2*1H;/q2*-1;;;+2/p-2. The van der Waals surface area contributed by atoms with Crippen molar-refractivity contribution in [1.29, 1.82) is 0 Å². The Bertz CT molecular complexity index is 1830. The molecule has 0 saturated heterocycles. The fraction of sp³-hybridized carbons (Fsp3) is 0.175. The van der Waals surface area contributed by atoms with E-state index in [4.69, 9.17) is 41.8 Å². The number of rotatable bonds is 2. The van der Waals surface area contributed by atoms with E-state index in [1.807, 2.05) is 30.3 Å². The molecule has 0 fully saturated rings. The minimum absolute atomic E-state index is 0.556. The average Bonchev–Trinajstić information content (AvgIpc) is 3.61. The van der Waals surface area contributed by atoms with Gasteiger partial charge in [0.1, 0.15) is 0 Å². The van der Waals surface area contributed by atoms with E-state index in [0.717, 1.165) is 27.2 Å². The van der Waals surface area contributed by atoms with Gasteiger partial charge in [-0.2, -0.15) is 35.9 Å². The van der Waals surface area contributed by atoms with E-state index in [9.17, 15) is 0 Å². The monoisotopic (exact) mass is 702 g/mol. The first kappa shape index (κ1) is 33.9. The van der Waals surface area contributed by atoms with Crippen LogP contribution in [-0.2, 0) is 23.5 Å². The minimum atomic E-state index is -0.556. The van der Waals surface area contributed by atoms with Crippen molar-refractivity contribution < 1.29 is 17.0 Å². The molecule has 0 amide bonds. The molecule has 0 saturated carbocycles. The van der Waals surface area contributed by atoms with E-state index < -0.39 is 17.0 Å². The molecule has 0 radical (unpaired) electrons. The second-order valence-corrected chi connectivity index (χ2v) is 15.2. The van der Waals surface area contributed by atoms with Crippen molar-refractivity contribution >= 4 is 52.6 Å². The van der Waals surface area contributed by atoms with Gasteiger partial charge in [-0.25, -0.2) is 0 Å². The van der Waals surface area contributed by atoms with Gasteiger partial charge in [0.05, 0.1) is 0 Å². The molecule has 0 heterocycles. The van der Waals surface area contributed by atoms with Crippen LogP contribution >= 0.6 is 41.8 Å². The molecule has 6 aromatic rings. The Morgan fingerprint density at radius 2 is 1.18 bits per heavy atom. The number of hydrogen-bond acceptors (Lipinski definition) is 0. The van der Waals surface area contributed by atoms with Crippen LogP contribution in [0.15, 0.2) is 84.9 Å². The van der Waals surface area contributed by atoms with Crippen LogP contribution in [0.2, 0.25) is 10.0 Å². The maximum atomic E-state index is 5.91. The molecular weight excluding hydrogens is 670 g/mol. The number of hydrogen-bond donors (Lipinski definition) is 0. The molecule has 0 aliphatic heterocycles. The molecule has 1 aliphatic carbocycles. The molecular formula is C40H34Cl4Ti-2. The van der Waals surface area contributed by atoms with E-state index in [0.29, 0.717) is 0 Å². The summed E-state index contributed by atoms with van der Waals surface area (Å²) in [4.78, 5) is 0. The van der Waals surface area contributed by atoms with Crippen LogP contribution in [0, 0.1) is 47.6 Å². The van der Waals surface area contributed by atoms with Gasteiger partial charge >= 0.3 is 35.6 Å². The molecule has 0 aromatic heterocycles. The van der Waals surface area contributed by atoms with Crippen LogP contribution in [-0.4, -0.2) is 0 Å². The zero-order valence-corrected chi connectivity index (χ0v) is 30.9. The van der Waals surface area contributed by atoms with Crippen molar-refractivity contribution in [3.8, 4) is 33.4 Å². The summed E-state index contributed by atoms with van der Waals surface area (Å²) in [5.74, 6) is 0. The average molecular weight is 704 g/mol. The molecule has 5 heteroatoms. The van der Waals surface area contributed by atoms with Gasteiger partial charge in [0.2, 0.25) is 0 Å². The molecule has 6 aromatic carbocycles. The SMILES string of the molecule is Cc1cc(C)c(-c2c[c-]c3c(c2)-c2cc(-c4c(C)cc(C)cc4C)ccc2C3)c(C)c1.Clc1ccc(Cl)c2[cH-]ccc12.[Cl][Ti][Cl]. The molecule has 0 nitrogen and oxygen atoms in total. The number of fused-ring (bicyclic) bond motifs is 4. The summed E-state index contributed by atoms with van der Waals surface area (Å²) in [6.45, 7) is 13.2. The van der Waals surface area contributed by atoms with Gasteiger partial charge in [-0.05, 0) is 80.3 Å². The van der Waals surface area contributed by atoms with Gasteiger partial charge in [-0.1, -0.05) is 105 Å². The Kier molecular flexibility index (Phi) is 11.0. The van der Waals surface area contributed by atoms with Crippen molar-refractivity contribution in [3.63, 3.8) is 0 Å². The van der Waals surface area contributed by atoms with E-state index in [-0.39, 0.29) is 0 Å². The van der Waals surface area contributed by atoms with Crippen molar-refractivity contribution in [1.82, 2.24) is 0 Å². The van der Waals surface area contributed by atoms with Crippen LogP contribution < -0.4 is 0 Å². The van der Waals surface area contributed by atoms with Gasteiger partial charge in [0.25, 0.3) is 0 Å².